The maximum absolute atomic E-state index is 12.3. The van der Waals surface area contributed by atoms with Gasteiger partial charge in [-0.3, -0.25) is 4.79 Å². The molecule has 1 saturated heterocycles. The summed E-state index contributed by atoms with van der Waals surface area (Å²) in [5.41, 5.74) is 0.619. The molecule has 0 N–H and O–H groups in total. The van der Waals surface area contributed by atoms with E-state index in [-0.39, 0.29) is 5.91 Å². The van der Waals surface area contributed by atoms with E-state index in [0.29, 0.717) is 11.6 Å². The lowest BCUT2D eigenvalue weighted by Crippen LogP contribution is -2.48. The molecular formula is C13H21N3OS. The number of likely N-dealkylation sites (N-methyl/N-ethyl adjacent to an activating group) is 1. The normalized spacial score (nSPS) is 17.4. The summed E-state index contributed by atoms with van der Waals surface area (Å²) in [5, 5.41) is 2.94. The molecule has 0 saturated carbocycles. The molecule has 0 unspecified atom stereocenters. The van der Waals surface area contributed by atoms with Crippen molar-refractivity contribution >= 4 is 17.2 Å². The number of rotatable bonds is 3. The molecule has 1 aromatic heterocycles. The van der Waals surface area contributed by atoms with Crippen LogP contribution in [0.25, 0.3) is 0 Å². The van der Waals surface area contributed by atoms with Crippen LogP contribution in [0.2, 0.25) is 0 Å². The molecule has 1 fully saturated rings. The average Bonchev–Trinajstić information content (AvgIpc) is 2.88. The van der Waals surface area contributed by atoms with Crippen LogP contribution in [0.15, 0.2) is 5.38 Å². The molecule has 0 spiro atoms. The molecule has 2 rings (SSSR count). The minimum atomic E-state index is 0.0916. The van der Waals surface area contributed by atoms with Gasteiger partial charge in [-0.1, -0.05) is 20.8 Å². The van der Waals surface area contributed by atoms with E-state index < -0.39 is 0 Å². The second-order valence-corrected chi connectivity index (χ2v) is 5.84. The van der Waals surface area contributed by atoms with Gasteiger partial charge in [0.25, 0.3) is 5.91 Å². The number of carbonyl (C=O) groups excluding carboxylic acids is 1. The van der Waals surface area contributed by atoms with Crippen LogP contribution in [0.4, 0.5) is 0 Å². The SMILES string of the molecule is CCN1CCN(C(=O)c2csc(C(C)C)n2)CC1. The van der Waals surface area contributed by atoms with Crippen molar-refractivity contribution in [3.8, 4) is 0 Å². The highest BCUT2D eigenvalue weighted by Gasteiger charge is 2.23. The molecule has 2 heterocycles. The third-order valence-corrected chi connectivity index (χ3v) is 4.49. The van der Waals surface area contributed by atoms with Crippen LogP contribution in [-0.2, 0) is 0 Å². The topological polar surface area (TPSA) is 36.4 Å². The Kier molecular flexibility index (Phi) is 4.35. The van der Waals surface area contributed by atoms with E-state index in [1.54, 1.807) is 11.3 Å². The molecule has 4 nitrogen and oxygen atoms in total. The second-order valence-electron chi connectivity index (χ2n) is 4.95. The van der Waals surface area contributed by atoms with Crippen molar-refractivity contribution in [3.05, 3.63) is 16.1 Å². The Labute approximate surface area is 113 Å². The molecule has 0 atom stereocenters. The number of hydrogen-bond donors (Lipinski definition) is 0. The molecule has 0 aromatic carbocycles. The lowest BCUT2D eigenvalue weighted by molar-refractivity contribution is 0.0638. The Morgan fingerprint density at radius 2 is 2.06 bits per heavy atom. The minimum absolute atomic E-state index is 0.0916. The number of thiazole rings is 1. The van der Waals surface area contributed by atoms with Gasteiger partial charge in [0.15, 0.2) is 0 Å². The third-order valence-electron chi connectivity index (χ3n) is 3.34. The average molecular weight is 267 g/mol. The van der Waals surface area contributed by atoms with Gasteiger partial charge in [-0.2, -0.15) is 0 Å². The van der Waals surface area contributed by atoms with Crippen LogP contribution in [0.1, 0.15) is 42.2 Å². The van der Waals surface area contributed by atoms with E-state index >= 15 is 0 Å². The van der Waals surface area contributed by atoms with Crippen molar-refractivity contribution in [2.45, 2.75) is 26.7 Å². The zero-order chi connectivity index (χ0) is 13.1. The number of hydrogen-bond acceptors (Lipinski definition) is 4. The van der Waals surface area contributed by atoms with Gasteiger partial charge in [0.2, 0.25) is 0 Å². The maximum atomic E-state index is 12.3. The van der Waals surface area contributed by atoms with Crippen molar-refractivity contribution in [3.63, 3.8) is 0 Å². The van der Waals surface area contributed by atoms with Crippen molar-refractivity contribution in [1.82, 2.24) is 14.8 Å². The summed E-state index contributed by atoms with van der Waals surface area (Å²) in [4.78, 5) is 21.0. The van der Waals surface area contributed by atoms with Gasteiger partial charge in [-0.25, -0.2) is 4.98 Å². The van der Waals surface area contributed by atoms with Gasteiger partial charge in [0.05, 0.1) is 5.01 Å². The fourth-order valence-corrected chi connectivity index (χ4v) is 2.89. The van der Waals surface area contributed by atoms with E-state index in [9.17, 15) is 4.79 Å². The molecule has 0 aliphatic carbocycles. The lowest BCUT2D eigenvalue weighted by atomic mass is 10.2. The fraction of sp³-hybridized carbons (Fsp3) is 0.692. The Bertz CT molecular complexity index is 408. The van der Waals surface area contributed by atoms with E-state index in [1.165, 1.54) is 0 Å². The van der Waals surface area contributed by atoms with E-state index in [4.69, 9.17) is 0 Å². The molecule has 1 amide bonds. The molecule has 100 valence electrons. The number of nitrogens with zero attached hydrogens (tertiary/aromatic N) is 3. The zero-order valence-corrected chi connectivity index (χ0v) is 12.2. The quantitative estimate of drug-likeness (QED) is 0.841. The Hall–Kier alpha value is -0.940. The van der Waals surface area contributed by atoms with Gasteiger partial charge in [0.1, 0.15) is 5.69 Å². The highest BCUT2D eigenvalue weighted by Crippen LogP contribution is 2.20. The molecule has 0 bridgehead atoms. The standard InChI is InChI=1S/C13H21N3OS/c1-4-15-5-7-16(8-6-15)13(17)11-9-18-12(14-11)10(2)3/h9-10H,4-8H2,1-3H3. The third kappa shape index (κ3) is 2.90. The summed E-state index contributed by atoms with van der Waals surface area (Å²) in [6.07, 6.45) is 0. The van der Waals surface area contributed by atoms with Crippen LogP contribution in [0.5, 0.6) is 0 Å². The van der Waals surface area contributed by atoms with E-state index in [2.05, 4.69) is 30.7 Å². The first-order valence-corrected chi connectivity index (χ1v) is 7.46. The van der Waals surface area contributed by atoms with Crippen LogP contribution in [-0.4, -0.2) is 53.4 Å². The summed E-state index contributed by atoms with van der Waals surface area (Å²) < 4.78 is 0. The van der Waals surface area contributed by atoms with Crippen LogP contribution < -0.4 is 0 Å². The van der Waals surface area contributed by atoms with Crippen molar-refractivity contribution in [1.29, 1.82) is 0 Å². The highest BCUT2D eigenvalue weighted by molar-refractivity contribution is 7.09. The Morgan fingerprint density at radius 1 is 1.39 bits per heavy atom. The van der Waals surface area contributed by atoms with Gasteiger partial charge in [-0.05, 0) is 6.54 Å². The first kappa shape index (κ1) is 13.5. The Balaban J connectivity index is 1.98. The van der Waals surface area contributed by atoms with E-state index in [1.807, 2.05) is 10.3 Å². The van der Waals surface area contributed by atoms with Gasteiger partial charge in [0, 0.05) is 37.5 Å². The van der Waals surface area contributed by atoms with Gasteiger partial charge < -0.3 is 9.80 Å². The molecule has 5 heteroatoms. The molecule has 1 aromatic rings. The zero-order valence-electron chi connectivity index (χ0n) is 11.3. The first-order chi connectivity index (χ1) is 8.61. The minimum Gasteiger partial charge on any atom is -0.335 e. The lowest BCUT2D eigenvalue weighted by Gasteiger charge is -2.33. The Morgan fingerprint density at radius 3 is 2.56 bits per heavy atom. The van der Waals surface area contributed by atoms with Crippen LogP contribution in [0.3, 0.4) is 0 Å². The summed E-state index contributed by atoms with van der Waals surface area (Å²) >= 11 is 1.59. The summed E-state index contributed by atoms with van der Waals surface area (Å²) in [6.45, 7) is 11.0. The van der Waals surface area contributed by atoms with Crippen LogP contribution in [0, 0.1) is 0 Å². The molecule has 1 aliphatic heterocycles. The summed E-state index contributed by atoms with van der Waals surface area (Å²) in [6, 6.07) is 0. The monoisotopic (exact) mass is 267 g/mol. The summed E-state index contributed by atoms with van der Waals surface area (Å²) in [7, 11) is 0. The van der Waals surface area contributed by atoms with Crippen molar-refractivity contribution in [2.24, 2.45) is 0 Å². The number of aromatic nitrogens is 1. The predicted molar refractivity (Wildman–Crippen MR) is 74.2 cm³/mol. The largest absolute Gasteiger partial charge is 0.335 e. The van der Waals surface area contributed by atoms with Crippen molar-refractivity contribution in [2.75, 3.05) is 32.7 Å². The first-order valence-electron chi connectivity index (χ1n) is 6.59. The smallest absolute Gasteiger partial charge is 0.273 e. The second kappa shape index (κ2) is 5.80. The van der Waals surface area contributed by atoms with E-state index in [0.717, 1.165) is 37.7 Å². The predicted octanol–water partition coefficient (Wildman–Crippen LogP) is 2.04. The fourth-order valence-electron chi connectivity index (χ4n) is 2.08. The summed E-state index contributed by atoms with van der Waals surface area (Å²) in [5.74, 6) is 0.488. The highest BCUT2D eigenvalue weighted by atomic mass is 32.1. The molecular weight excluding hydrogens is 246 g/mol. The van der Waals surface area contributed by atoms with Crippen LogP contribution >= 0.6 is 11.3 Å². The maximum Gasteiger partial charge on any atom is 0.273 e. The van der Waals surface area contributed by atoms with Gasteiger partial charge >= 0.3 is 0 Å². The van der Waals surface area contributed by atoms with Gasteiger partial charge in [-0.15, -0.1) is 11.3 Å². The van der Waals surface area contributed by atoms with Crippen molar-refractivity contribution < 1.29 is 4.79 Å². The molecule has 1 aliphatic rings. The number of amides is 1. The number of piperazine rings is 1. The molecule has 18 heavy (non-hydrogen) atoms. The molecule has 0 radical (unpaired) electrons. The number of carbonyl (C=O) groups is 1.